The Morgan fingerprint density at radius 2 is 2.21 bits per heavy atom. The van der Waals surface area contributed by atoms with Crippen LogP contribution in [0.1, 0.15) is 11.3 Å². The van der Waals surface area contributed by atoms with E-state index >= 15 is 0 Å². The second kappa shape index (κ2) is 4.72. The zero-order valence-electron chi connectivity index (χ0n) is 11.0. The summed E-state index contributed by atoms with van der Waals surface area (Å²) in [5.41, 5.74) is 3.14. The average molecular weight is 256 g/mol. The molecule has 1 N–H and O–H groups in total. The SMILES string of the molecule is Cc1cccc2nc(NCCc3cnn(C)c3)nn12. The average Bonchev–Trinajstić information content (AvgIpc) is 2.97. The van der Waals surface area contributed by atoms with Crippen LogP contribution in [0.25, 0.3) is 5.65 Å². The molecule has 0 bridgehead atoms. The van der Waals surface area contributed by atoms with Crippen LogP contribution < -0.4 is 5.32 Å². The Morgan fingerprint density at radius 1 is 1.32 bits per heavy atom. The van der Waals surface area contributed by atoms with E-state index in [1.807, 2.05) is 53.8 Å². The van der Waals surface area contributed by atoms with Gasteiger partial charge < -0.3 is 5.32 Å². The third-order valence-electron chi connectivity index (χ3n) is 3.00. The lowest BCUT2D eigenvalue weighted by molar-refractivity contribution is 0.766. The van der Waals surface area contributed by atoms with Gasteiger partial charge in [-0.1, -0.05) is 6.07 Å². The van der Waals surface area contributed by atoms with Crippen LogP contribution in [0.5, 0.6) is 0 Å². The number of fused-ring (bicyclic) bond motifs is 1. The zero-order chi connectivity index (χ0) is 13.2. The fourth-order valence-corrected chi connectivity index (χ4v) is 2.03. The lowest BCUT2D eigenvalue weighted by Gasteiger charge is -1.98. The van der Waals surface area contributed by atoms with E-state index in [1.54, 1.807) is 0 Å². The second-order valence-electron chi connectivity index (χ2n) is 4.57. The summed E-state index contributed by atoms with van der Waals surface area (Å²) < 4.78 is 3.65. The highest BCUT2D eigenvalue weighted by Crippen LogP contribution is 2.08. The first kappa shape index (κ1) is 11.7. The highest BCUT2D eigenvalue weighted by molar-refractivity contribution is 5.44. The molecule has 0 aromatic carbocycles. The van der Waals surface area contributed by atoms with Gasteiger partial charge >= 0.3 is 0 Å². The fourth-order valence-electron chi connectivity index (χ4n) is 2.03. The third-order valence-corrected chi connectivity index (χ3v) is 3.00. The molecule has 0 aliphatic carbocycles. The summed E-state index contributed by atoms with van der Waals surface area (Å²) in [6.07, 6.45) is 4.80. The van der Waals surface area contributed by atoms with Crippen LogP contribution in [-0.2, 0) is 13.5 Å². The first-order chi connectivity index (χ1) is 9.22. The van der Waals surface area contributed by atoms with Crippen LogP contribution in [0.4, 0.5) is 5.95 Å². The van der Waals surface area contributed by atoms with E-state index in [-0.39, 0.29) is 0 Å². The van der Waals surface area contributed by atoms with Gasteiger partial charge in [0.05, 0.1) is 6.20 Å². The van der Waals surface area contributed by atoms with E-state index in [0.717, 1.165) is 24.3 Å². The Hall–Kier alpha value is -2.37. The molecule has 0 aliphatic heterocycles. The van der Waals surface area contributed by atoms with Crippen LogP contribution in [-0.4, -0.2) is 30.9 Å². The first-order valence-electron chi connectivity index (χ1n) is 6.26. The van der Waals surface area contributed by atoms with E-state index in [4.69, 9.17) is 0 Å². The number of nitrogens with zero attached hydrogens (tertiary/aromatic N) is 5. The predicted octanol–water partition coefficient (Wildman–Crippen LogP) is 1.43. The molecule has 3 rings (SSSR count). The highest BCUT2D eigenvalue weighted by atomic mass is 15.3. The predicted molar refractivity (Wildman–Crippen MR) is 73.1 cm³/mol. The first-order valence-corrected chi connectivity index (χ1v) is 6.26. The van der Waals surface area contributed by atoms with Crippen molar-refractivity contribution in [3.05, 3.63) is 41.9 Å². The number of anilines is 1. The lowest BCUT2D eigenvalue weighted by Crippen LogP contribution is -2.06. The topological polar surface area (TPSA) is 60.0 Å². The van der Waals surface area contributed by atoms with Gasteiger partial charge in [-0.05, 0) is 31.0 Å². The molecule has 0 amide bonds. The summed E-state index contributed by atoms with van der Waals surface area (Å²) >= 11 is 0. The van der Waals surface area contributed by atoms with E-state index in [1.165, 1.54) is 5.56 Å². The van der Waals surface area contributed by atoms with E-state index in [2.05, 4.69) is 20.5 Å². The molecule has 0 unspecified atom stereocenters. The van der Waals surface area contributed by atoms with Crippen LogP contribution in [0.2, 0.25) is 0 Å². The highest BCUT2D eigenvalue weighted by Gasteiger charge is 2.04. The van der Waals surface area contributed by atoms with Gasteiger partial charge in [-0.2, -0.15) is 10.1 Å². The van der Waals surface area contributed by atoms with Gasteiger partial charge in [0.15, 0.2) is 5.65 Å². The monoisotopic (exact) mass is 256 g/mol. The van der Waals surface area contributed by atoms with Crippen molar-refractivity contribution in [2.24, 2.45) is 7.05 Å². The minimum Gasteiger partial charge on any atom is -0.353 e. The van der Waals surface area contributed by atoms with E-state index in [9.17, 15) is 0 Å². The Kier molecular flexibility index (Phi) is 2.91. The molecule has 98 valence electrons. The zero-order valence-corrected chi connectivity index (χ0v) is 11.0. The molecule has 0 saturated carbocycles. The van der Waals surface area contributed by atoms with Crippen molar-refractivity contribution >= 4 is 11.6 Å². The summed E-state index contributed by atoms with van der Waals surface area (Å²) in [4.78, 5) is 4.43. The van der Waals surface area contributed by atoms with Gasteiger partial charge in [0.2, 0.25) is 5.95 Å². The Balaban J connectivity index is 1.67. The van der Waals surface area contributed by atoms with Crippen LogP contribution in [0.3, 0.4) is 0 Å². The van der Waals surface area contributed by atoms with Gasteiger partial charge in [-0.3, -0.25) is 4.68 Å². The molecule has 3 heterocycles. The molecule has 0 radical (unpaired) electrons. The van der Waals surface area contributed by atoms with E-state index in [0.29, 0.717) is 5.95 Å². The van der Waals surface area contributed by atoms with Gasteiger partial charge in [0.1, 0.15) is 0 Å². The smallest absolute Gasteiger partial charge is 0.243 e. The molecule has 3 aromatic heterocycles. The number of aromatic nitrogens is 5. The molecule has 6 nitrogen and oxygen atoms in total. The number of aryl methyl sites for hydroxylation is 2. The quantitative estimate of drug-likeness (QED) is 0.767. The van der Waals surface area contributed by atoms with Gasteiger partial charge in [0, 0.05) is 25.5 Å². The number of rotatable bonds is 4. The van der Waals surface area contributed by atoms with Crippen molar-refractivity contribution in [3.63, 3.8) is 0 Å². The maximum atomic E-state index is 4.43. The molecule has 3 aromatic rings. The van der Waals surface area contributed by atoms with Crippen molar-refractivity contribution in [3.8, 4) is 0 Å². The molecular formula is C13H16N6. The number of nitrogens with one attached hydrogen (secondary N) is 1. The summed E-state index contributed by atoms with van der Waals surface area (Å²) in [6.45, 7) is 2.81. The molecule has 6 heteroatoms. The van der Waals surface area contributed by atoms with Crippen LogP contribution in [0, 0.1) is 6.92 Å². The minimum atomic E-state index is 0.665. The summed E-state index contributed by atoms with van der Waals surface area (Å²) in [5, 5.41) is 11.8. The Bertz CT molecular complexity index is 696. The molecule has 0 atom stereocenters. The Labute approximate surface area is 111 Å². The van der Waals surface area contributed by atoms with Gasteiger partial charge in [-0.15, -0.1) is 5.10 Å². The molecule has 19 heavy (non-hydrogen) atoms. The van der Waals surface area contributed by atoms with Crippen LogP contribution >= 0.6 is 0 Å². The van der Waals surface area contributed by atoms with Crippen molar-refractivity contribution in [2.75, 3.05) is 11.9 Å². The fraction of sp³-hybridized carbons (Fsp3) is 0.308. The summed E-state index contributed by atoms with van der Waals surface area (Å²) in [6, 6.07) is 5.95. The largest absolute Gasteiger partial charge is 0.353 e. The molecule has 0 aliphatic rings. The van der Waals surface area contributed by atoms with Crippen molar-refractivity contribution in [2.45, 2.75) is 13.3 Å². The summed E-state index contributed by atoms with van der Waals surface area (Å²) in [7, 11) is 1.92. The van der Waals surface area contributed by atoms with Crippen molar-refractivity contribution in [1.29, 1.82) is 0 Å². The number of pyridine rings is 1. The van der Waals surface area contributed by atoms with Gasteiger partial charge in [-0.25, -0.2) is 4.52 Å². The van der Waals surface area contributed by atoms with E-state index < -0.39 is 0 Å². The molecule has 0 saturated heterocycles. The van der Waals surface area contributed by atoms with Gasteiger partial charge in [0.25, 0.3) is 0 Å². The summed E-state index contributed by atoms with van der Waals surface area (Å²) in [5.74, 6) is 0.665. The molecular weight excluding hydrogens is 240 g/mol. The number of hydrogen-bond donors (Lipinski definition) is 1. The third kappa shape index (κ3) is 2.42. The maximum absolute atomic E-state index is 4.43. The minimum absolute atomic E-state index is 0.665. The molecule has 0 fully saturated rings. The molecule has 0 spiro atoms. The van der Waals surface area contributed by atoms with Crippen molar-refractivity contribution < 1.29 is 0 Å². The Morgan fingerprint density at radius 3 is 2.95 bits per heavy atom. The lowest BCUT2D eigenvalue weighted by atomic mass is 10.2. The second-order valence-corrected chi connectivity index (χ2v) is 4.57. The standard InChI is InChI=1S/C13H16N6/c1-10-4-3-5-12-16-13(17-19(10)12)14-7-6-11-8-15-18(2)9-11/h3-5,8-9H,6-7H2,1-2H3,(H,14,17). The normalized spacial score (nSPS) is 11.1. The van der Waals surface area contributed by atoms with Crippen molar-refractivity contribution in [1.82, 2.24) is 24.4 Å². The maximum Gasteiger partial charge on any atom is 0.243 e. The van der Waals surface area contributed by atoms with Crippen LogP contribution in [0.15, 0.2) is 30.6 Å². The number of hydrogen-bond acceptors (Lipinski definition) is 4.